The predicted molar refractivity (Wildman–Crippen MR) is 55.2 cm³/mol. The van der Waals surface area contributed by atoms with Gasteiger partial charge in [0.2, 0.25) is 5.91 Å². The molecule has 0 fully saturated rings. The first-order valence-corrected chi connectivity index (χ1v) is 5.59. The van der Waals surface area contributed by atoms with Crippen molar-refractivity contribution in [1.82, 2.24) is 4.90 Å². The molecule has 0 rings (SSSR count). The highest BCUT2D eigenvalue weighted by molar-refractivity contribution is 7.98. The maximum absolute atomic E-state index is 11.7. The summed E-state index contributed by atoms with van der Waals surface area (Å²) in [5.41, 5.74) is -0.439. The molecular formula is C9H16N2OS. The molecule has 0 aliphatic heterocycles. The van der Waals surface area contributed by atoms with Crippen LogP contribution < -0.4 is 0 Å². The van der Waals surface area contributed by atoms with Gasteiger partial charge in [0, 0.05) is 12.3 Å². The van der Waals surface area contributed by atoms with Crippen LogP contribution in [0.25, 0.3) is 0 Å². The molecule has 0 spiro atoms. The first kappa shape index (κ1) is 12.3. The van der Waals surface area contributed by atoms with Gasteiger partial charge < -0.3 is 0 Å². The molecule has 0 N–H and O–H groups in total. The van der Waals surface area contributed by atoms with Crippen molar-refractivity contribution < 1.29 is 4.79 Å². The summed E-state index contributed by atoms with van der Waals surface area (Å²) >= 11 is 1.62. The van der Waals surface area contributed by atoms with Crippen LogP contribution in [-0.4, -0.2) is 29.4 Å². The molecule has 13 heavy (non-hydrogen) atoms. The Kier molecular flexibility index (Phi) is 4.86. The molecule has 0 aliphatic rings. The number of hydrogen-bond acceptors (Lipinski definition) is 3. The van der Waals surface area contributed by atoms with E-state index >= 15 is 0 Å². The van der Waals surface area contributed by atoms with Crippen LogP contribution in [0.15, 0.2) is 0 Å². The highest BCUT2D eigenvalue weighted by atomic mass is 32.2. The molecular weight excluding hydrogens is 184 g/mol. The van der Waals surface area contributed by atoms with Gasteiger partial charge in [0.05, 0.1) is 5.41 Å². The summed E-state index contributed by atoms with van der Waals surface area (Å²) < 4.78 is 0. The summed E-state index contributed by atoms with van der Waals surface area (Å²) in [5.74, 6) is 0.649. The summed E-state index contributed by atoms with van der Waals surface area (Å²) in [4.78, 5) is 12.9. The van der Waals surface area contributed by atoms with Crippen molar-refractivity contribution in [3.8, 4) is 6.19 Å². The third-order valence-electron chi connectivity index (χ3n) is 1.77. The molecule has 0 bridgehead atoms. The van der Waals surface area contributed by atoms with E-state index in [9.17, 15) is 4.79 Å². The Bertz CT molecular complexity index is 220. The molecule has 1 amide bonds. The molecule has 0 atom stereocenters. The summed E-state index contributed by atoms with van der Waals surface area (Å²) in [6.45, 7) is 5.99. The maximum Gasteiger partial charge on any atom is 0.242 e. The van der Waals surface area contributed by atoms with Gasteiger partial charge in [0.1, 0.15) is 0 Å². The van der Waals surface area contributed by atoms with Crippen molar-refractivity contribution in [3.05, 3.63) is 0 Å². The van der Waals surface area contributed by atoms with Crippen molar-refractivity contribution in [2.75, 3.05) is 18.6 Å². The number of thioether (sulfide) groups is 1. The van der Waals surface area contributed by atoms with E-state index < -0.39 is 5.41 Å². The van der Waals surface area contributed by atoms with Crippen LogP contribution in [0.4, 0.5) is 0 Å². The van der Waals surface area contributed by atoms with Gasteiger partial charge in [-0.1, -0.05) is 13.8 Å². The molecule has 0 aromatic carbocycles. The summed E-state index contributed by atoms with van der Waals surface area (Å²) in [6.07, 6.45) is 3.85. The van der Waals surface area contributed by atoms with Crippen LogP contribution in [0.5, 0.6) is 0 Å². The minimum absolute atomic E-state index is 0.0909. The Hall–Kier alpha value is -0.690. The van der Waals surface area contributed by atoms with Gasteiger partial charge in [0.15, 0.2) is 6.19 Å². The van der Waals surface area contributed by atoms with Crippen LogP contribution in [0.1, 0.15) is 20.8 Å². The monoisotopic (exact) mass is 200 g/mol. The number of rotatable bonds is 4. The number of carbonyl (C=O) groups excluding carboxylic acids is 1. The van der Waals surface area contributed by atoms with Gasteiger partial charge in [-0.15, -0.1) is 0 Å². The maximum atomic E-state index is 11.7. The van der Waals surface area contributed by atoms with Gasteiger partial charge in [-0.3, -0.25) is 4.79 Å². The molecule has 0 unspecified atom stereocenters. The second kappa shape index (κ2) is 5.13. The van der Waals surface area contributed by atoms with Crippen molar-refractivity contribution in [3.63, 3.8) is 0 Å². The molecule has 0 aliphatic carbocycles. The molecule has 74 valence electrons. The number of nitrogens with zero attached hydrogens (tertiary/aromatic N) is 2. The highest BCUT2D eigenvalue weighted by Gasteiger charge is 2.30. The van der Waals surface area contributed by atoms with Crippen LogP contribution in [-0.2, 0) is 4.79 Å². The molecule has 0 heterocycles. The third kappa shape index (κ3) is 3.27. The largest absolute Gasteiger partial charge is 0.273 e. The second-order valence-corrected chi connectivity index (χ2v) is 4.33. The van der Waals surface area contributed by atoms with Gasteiger partial charge in [-0.05, 0) is 13.2 Å². The minimum Gasteiger partial charge on any atom is -0.273 e. The fourth-order valence-electron chi connectivity index (χ4n) is 1.05. The zero-order chi connectivity index (χ0) is 10.5. The number of carbonyl (C=O) groups is 1. The van der Waals surface area contributed by atoms with Gasteiger partial charge in [0.25, 0.3) is 0 Å². The lowest BCUT2D eigenvalue weighted by molar-refractivity contribution is -0.135. The average Bonchev–Trinajstić information content (AvgIpc) is 2.06. The highest BCUT2D eigenvalue weighted by Crippen LogP contribution is 2.22. The summed E-state index contributed by atoms with van der Waals surface area (Å²) in [7, 11) is 0. The zero-order valence-electron chi connectivity index (χ0n) is 8.63. The molecule has 0 saturated heterocycles. The van der Waals surface area contributed by atoms with Crippen LogP contribution in [0, 0.1) is 16.9 Å². The fraction of sp³-hybridized carbons (Fsp3) is 0.778. The Morgan fingerprint density at radius 3 is 2.46 bits per heavy atom. The lowest BCUT2D eigenvalue weighted by atomic mass is 9.94. The van der Waals surface area contributed by atoms with Crippen LogP contribution in [0.2, 0.25) is 0 Å². The average molecular weight is 200 g/mol. The van der Waals surface area contributed by atoms with Crippen molar-refractivity contribution >= 4 is 17.7 Å². The molecule has 0 saturated carbocycles. The SMILES string of the molecule is CCN(C#N)C(=O)C(C)(C)CSC. The molecule has 4 heteroatoms. The van der Waals surface area contributed by atoms with E-state index in [2.05, 4.69) is 0 Å². The van der Waals surface area contributed by atoms with Crippen LogP contribution in [0.3, 0.4) is 0 Å². The summed E-state index contributed by atoms with van der Waals surface area (Å²) in [5, 5.41) is 8.68. The summed E-state index contributed by atoms with van der Waals surface area (Å²) in [6, 6.07) is 0. The van der Waals surface area contributed by atoms with Gasteiger partial charge in [-0.25, -0.2) is 4.90 Å². The van der Waals surface area contributed by atoms with Crippen molar-refractivity contribution in [2.45, 2.75) is 20.8 Å². The Morgan fingerprint density at radius 1 is 1.62 bits per heavy atom. The second-order valence-electron chi connectivity index (χ2n) is 3.47. The Balaban J connectivity index is 4.48. The lowest BCUT2D eigenvalue weighted by Crippen LogP contribution is -2.39. The van der Waals surface area contributed by atoms with E-state index in [1.54, 1.807) is 18.7 Å². The smallest absolute Gasteiger partial charge is 0.242 e. The third-order valence-corrected chi connectivity index (χ3v) is 2.78. The van der Waals surface area contributed by atoms with Gasteiger partial charge >= 0.3 is 0 Å². The minimum atomic E-state index is -0.439. The predicted octanol–water partition coefficient (Wildman–Crippen LogP) is 1.71. The first-order valence-electron chi connectivity index (χ1n) is 4.20. The van der Waals surface area contributed by atoms with E-state index in [4.69, 9.17) is 5.26 Å². The Labute approximate surface area is 84.1 Å². The van der Waals surface area contributed by atoms with E-state index in [0.29, 0.717) is 6.54 Å². The fourth-order valence-corrected chi connectivity index (χ4v) is 1.89. The molecule has 3 nitrogen and oxygen atoms in total. The standard InChI is InChI=1S/C9H16N2OS/c1-5-11(7-10)8(12)9(2,3)6-13-4/h5-6H2,1-4H3. The Morgan fingerprint density at radius 2 is 2.15 bits per heavy atom. The molecule has 0 radical (unpaired) electrons. The lowest BCUT2D eigenvalue weighted by Gasteiger charge is -2.25. The molecule has 0 aromatic rings. The van der Waals surface area contributed by atoms with Crippen molar-refractivity contribution in [2.24, 2.45) is 5.41 Å². The first-order chi connectivity index (χ1) is 5.99. The quantitative estimate of drug-likeness (QED) is 0.512. The number of nitriles is 1. The van der Waals surface area contributed by atoms with E-state index in [1.165, 1.54) is 4.90 Å². The van der Waals surface area contributed by atoms with E-state index in [-0.39, 0.29) is 5.91 Å². The van der Waals surface area contributed by atoms with Crippen molar-refractivity contribution in [1.29, 1.82) is 5.26 Å². The topological polar surface area (TPSA) is 44.1 Å². The number of amides is 1. The van der Waals surface area contributed by atoms with E-state index in [1.807, 2.05) is 26.3 Å². The number of hydrogen-bond donors (Lipinski definition) is 0. The van der Waals surface area contributed by atoms with Crippen LogP contribution >= 0.6 is 11.8 Å². The van der Waals surface area contributed by atoms with Gasteiger partial charge in [-0.2, -0.15) is 17.0 Å². The molecule has 0 aromatic heterocycles. The van der Waals surface area contributed by atoms with E-state index in [0.717, 1.165) is 5.75 Å². The zero-order valence-corrected chi connectivity index (χ0v) is 9.44. The normalized spacial score (nSPS) is 10.7.